The van der Waals surface area contributed by atoms with E-state index >= 15 is 0 Å². The van der Waals surface area contributed by atoms with Gasteiger partial charge in [0.05, 0.1) is 18.8 Å². The van der Waals surface area contributed by atoms with Gasteiger partial charge in [-0.2, -0.15) is 4.68 Å². The highest BCUT2D eigenvalue weighted by atomic mass is 15.4. The van der Waals surface area contributed by atoms with E-state index in [0.717, 1.165) is 0 Å². The maximum absolute atomic E-state index is 5.41. The molecule has 50 valence electrons. The number of aromatic nitrogens is 2. The highest BCUT2D eigenvalue weighted by Crippen LogP contribution is 1.89. The highest BCUT2D eigenvalue weighted by Gasteiger charge is 2.01. The maximum atomic E-state index is 5.41. The van der Waals surface area contributed by atoms with Crippen LogP contribution in [0.15, 0.2) is 12.4 Å². The third kappa shape index (κ3) is 1.10. The van der Waals surface area contributed by atoms with Gasteiger partial charge >= 0.3 is 0 Å². The first kappa shape index (κ1) is 6.29. The number of aryl methyl sites for hydroxylation is 2. The Morgan fingerprint density at radius 3 is 2.67 bits per heavy atom. The van der Waals surface area contributed by atoms with Gasteiger partial charge in [0, 0.05) is 6.54 Å². The van der Waals surface area contributed by atoms with E-state index in [-0.39, 0.29) is 0 Å². The number of rotatable bonds is 1. The van der Waals surface area contributed by atoms with E-state index in [1.165, 1.54) is 5.56 Å². The minimum absolute atomic E-state index is 0.620. The molecule has 0 saturated carbocycles. The fourth-order valence-corrected chi connectivity index (χ4v) is 0.801. The summed E-state index contributed by atoms with van der Waals surface area (Å²) in [6.45, 7) is 0.620. The van der Waals surface area contributed by atoms with Gasteiger partial charge in [-0.3, -0.25) is 0 Å². The Bertz CT molecular complexity index is 183. The van der Waals surface area contributed by atoms with Crippen molar-refractivity contribution >= 4 is 0 Å². The molecule has 3 heteroatoms. The molecular formula is C6H12N3+. The minimum Gasteiger partial charge on any atom is -0.326 e. The van der Waals surface area contributed by atoms with Crippen LogP contribution in [0.4, 0.5) is 0 Å². The number of nitrogens with zero attached hydrogens (tertiary/aromatic N) is 2. The second-order valence-electron chi connectivity index (χ2n) is 2.18. The van der Waals surface area contributed by atoms with Crippen molar-refractivity contribution in [3.8, 4) is 0 Å². The molecule has 0 bridgehead atoms. The monoisotopic (exact) mass is 126 g/mol. The molecule has 0 aromatic carbocycles. The Morgan fingerprint density at radius 1 is 1.78 bits per heavy atom. The zero-order valence-electron chi connectivity index (χ0n) is 5.83. The fraction of sp³-hybridized carbons (Fsp3) is 0.500. The quantitative estimate of drug-likeness (QED) is 0.496. The molecular weight excluding hydrogens is 114 g/mol. The van der Waals surface area contributed by atoms with E-state index in [2.05, 4.69) is 0 Å². The van der Waals surface area contributed by atoms with Crippen LogP contribution in [0.2, 0.25) is 0 Å². The van der Waals surface area contributed by atoms with E-state index < -0.39 is 0 Å². The van der Waals surface area contributed by atoms with E-state index in [1.54, 1.807) is 0 Å². The molecule has 0 unspecified atom stereocenters. The molecule has 3 nitrogen and oxygen atoms in total. The number of hydrogen-bond donors (Lipinski definition) is 1. The Kier molecular flexibility index (Phi) is 1.53. The molecule has 0 aliphatic rings. The molecule has 1 rings (SSSR count). The second-order valence-corrected chi connectivity index (χ2v) is 2.18. The summed E-state index contributed by atoms with van der Waals surface area (Å²) in [5.74, 6) is 0. The Labute approximate surface area is 54.7 Å². The molecule has 0 amide bonds. The van der Waals surface area contributed by atoms with Gasteiger partial charge in [0.25, 0.3) is 0 Å². The molecule has 1 heterocycles. The fourth-order valence-electron chi connectivity index (χ4n) is 0.801. The van der Waals surface area contributed by atoms with Crippen LogP contribution in [-0.4, -0.2) is 4.68 Å². The molecule has 0 saturated heterocycles. The van der Waals surface area contributed by atoms with Crippen molar-refractivity contribution < 1.29 is 4.68 Å². The van der Waals surface area contributed by atoms with Crippen LogP contribution in [-0.2, 0) is 20.6 Å². The average Bonchev–Trinajstić information content (AvgIpc) is 2.13. The van der Waals surface area contributed by atoms with Gasteiger partial charge in [-0.15, -0.1) is 4.68 Å². The summed E-state index contributed by atoms with van der Waals surface area (Å²) >= 11 is 0. The number of hydrogen-bond acceptors (Lipinski definition) is 1. The topological polar surface area (TPSA) is 34.8 Å². The molecule has 0 atom stereocenters. The summed E-state index contributed by atoms with van der Waals surface area (Å²) in [5, 5.41) is 0. The van der Waals surface area contributed by atoms with Crippen molar-refractivity contribution in [2.75, 3.05) is 0 Å². The van der Waals surface area contributed by atoms with Crippen molar-refractivity contribution in [2.24, 2.45) is 19.8 Å². The Hall–Kier alpha value is -0.830. The molecule has 0 radical (unpaired) electrons. The summed E-state index contributed by atoms with van der Waals surface area (Å²) in [4.78, 5) is 0. The van der Waals surface area contributed by atoms with Crippen molar-refractivity contribution in [3.63, 3.8) is 0 Å². The van der Waals surface area contributed by atoms with Crippen LogP contribution in [0.3, 0.4) is 0 Å². The van der Waals surface area contributed by atoms with Crippen LogP contribution in [0.5, 0.6) is 0 Å². The second kappa shape index (κ2) is 2.19. The zero-order valence-corrected chi connectivity index (χ0v) is 5.83. The maximum Gasteiger partial charge on any atom is 0.199 e. The van der Waals surface area contributed by atoms with E-state index in [0.29, 0.717) is 6.54 Å². The Balaban J connectivity index is 2.98. The van der Waals surface area contributed by atoms with Gasteiger partial charge in [0.1, 0.15) is 0 Å². The van der Waals surface area contributed by atoms with Crippen molar-refractivity contribution in [3.05, 3.63) is 18.0 Å². The largest absolute Gasteiger partial charge is 0.326 e. The minimum atomic E-state index is 0.620. The Morgan fingerprint density at radius 2 is 2.44 bits per heavy atom. The van der Waals surface area contributed by atoms with E-state index in [9.17, 15) is 0 Å². The predicted molar refractivity (Wildman–Crippen MR) is 34.5 cm³/mol. The standard InChI is InChI=1S/C6H12N3/c1-8-4-6(3-7)5-9(8)2/h4-5H,3,7H2,1-2H3/q+1. The lowest BCUT2D eigenvalue weighted by Gasteiger charge is -1.82. The summed E-state index contributed by atoms with van der Waals surface area (Å²) in [5.41, 5.74) is 6.57. The number of nitrogens with two attached hydrogens (primary N) is 1. The molecule has 0 aliphatic carbocycles. The van der Waals surface area contributed by atoms with Gasteiger partial charge in [0.15, 0.2) is 13.2 Å². The lowest BCUT2D eigenvalue weighted by Crippen LogP contribution is -2.35. The smallest absolute Gasteiger partial charge is 0.199 e. The van der Waals surface area contributed by atoms with Crippen LogP contribution in [0.25, 0.3) is 0 Å². The van der Waals surface area contributed by atoms with E-state index in [4.69, 9.17) is 5.73 Å². The van der Waals surface area contributed by atoms with Gasteiger partial charge in [0.2, 0.25) is 0 Å². The lowest BCUT2D eigenvalue weighted by molar-refractivity contribution is -0.751. The molecule has 9 heavy (non-hydrogen) atoms. The highest BCUT2D eigenvalue weighted by molar-refractivity contribution is 4.98. The SMILES string of the molecule is Cn1cc(CN)c[n+]1C. The lowest BCUT2D eigenvalue weighted by atomic mass is 10.4. The van der Waals surface area contributed by atoms with E-state index in [1.807, 2.05) is 35.9 Å². The van der Waals surface area contributed by atoms with Crippen molar-refractivity contribution in [1.29, 1.82) is 0 Å². The first-order valence-electron chi connectivity index (χ1n) is 2.95. The molecule has 1 aromatic heterocycles. The summed E-state index contributed by atoms with van der Waals surface area (Å²) in [6, 6.07) is 0. The molecule has 0 spiro atoms. The normalized spacial score (nSPS) is 10.1. The molecule has 0 fully saturated rings. The summed E-state index contributed by atoms with van der Waals surface area (Å²) in [7, 11) is 3.97. The average molecular weight is 126 g/mol. The first-order chi connectivity index (χ1) is 4.24. The summed E-state index contributed by atoms with van der Waals surface area (Å²) < 4.78 is 3.98. The predicted octanol–water partition coefficient (Wildman–Crippen LogP) is -0.692. The van der Waals surface area contributed by atoms with Crippen molar-refractivity contribution in [1.82, 2.24) is 4.68 Å². The molecule has 0 aliphatic heterocycles. The third-order valence-corrected chi connectivity index (χ3v) is 1.44. The summed E-state index contributed by atoms with van der Waals surface area (Å²) in [6.07, 6.45) is 4.03. The van der Waals surface area contributed by atoms with Crippen molar-refractivity contribution in [2.45, 2.75) is 6.54 Å². The molecule has 2 N–H and O–H groups in total. The molecule has 1 aromatic rings. The van der Waals surface area contributed by atoms with Crippen LogP contribution >= 0.6 is 0 Å². The van der Waals surface area contributed by atoms with Crippen LogP contribution in [0, 0.1) is 0 Å². The van der Waals surface area contributed by atoms with Gasteiger partial charge < -0.3 is 5.73 Å². The zero-order chi connectivity index (χ0) is 6.85. The van der Waals surface area contributed by atoms with Gasteiger partial charge in [-0.05, 0) is 0 Å². The van der Waals surface area contributed by atoms with Gasteiger partial charge in [-0.1, -0.05) is 0 Å². The van der Waals surface area contributed by atoms with Gasteiger partial charge in [-0.25, -0.2) is 0 Å². The van der Waals surface area contributed by atoms with Crippen LogP contribution < -0.4 is 10.4 Å². The third-order valence-electron chi connectivity index (χ3n) is 1.44. The first-order valence-corrected chi connectivity index (χ1v) is 2.95. The van der Waals surface area contributed by atoms with Crippen LogP contribution in [0.1, 0.15) is 5.56 Å².